The van der Waals surface area contributed by atoms with Gasteiger partial charge < -0.3 is 28.4 Å². The fourth-order valence-corrected chi connectivity index (χ4v) is 3.51. The average Bonchev–Trinajstić information content (AvgIpc) is 2.70. The van der Waals surface area contributed by atoms with Crippen LogP contribution in [-0.4, -0.2) is 74.0 Å². The van der Waals surface area contributed by atoms with Crippen LogP contribution < -0.4 is 0 Å². The summed E-state index contributed by atoms with van der Waals surface area (Å²) in [4.78, 5) is 0. The van der Waals surface area contributed by atoms with Gasteiger partial charge in [0.1, 0.15) is 10.8 Å². The van der Waals surface area contributed by atoms with Crippen molar-refractivity contribution in [3.63, 3.8) is 0 Å². The third kappa shape index (κ3) is 6.24. The van der Waals surface area contributed by atoms with Gasteiger partial charge in [0.05, 0.1) is 32.7 Å². The van der Waals surface area contributed by atoms with E-state index in [1.54, 1.807) is 42.7 Å². The Hall–Kier alpha value is -0.586. The van der Waals surface area contributed by atoms with Gasteiger partial charge in [-0.2, -0.15) is 0 Å². The number of benzene rings is 1. The summed E-state index contributed by atoms with van der Waals surface area (Å²) in [5.74, 6) is 0. The van der Waals surface area contributed by atoms with Gasteiger partial charge in [0.15, 0.2) is 0 Å². The van der Waals surface area contributed by atoms with Gasteiger partial charge in [-0.15, -0.1) is 0 Å². The van der Waals surface area contributed by atoms with E-state index in [2.05, 4.69) is 24.3 Å². The minimum Gasteiger partial charge on any atom is -0.377 e. The smallest absolute Gasteiger partial charge is 0.143 e. The molecule has 0 aliphatic rings. The van der Waals surface area contributed by atoms with E-state index in [-0.39, 0.29) is 12.2 Å². The predicted molar refractivity (Wildman–Crippen MR) is 109 cm³/mol. The normalized spacial score (nSPS) is 15.3. The predicted octanol–water partition coefficient (Wildman–Crippen LogP) is 0.466. The van der Waals surface area contributed by atoms with Crippen molar-refractivity contribution in [2.24, 2.45) is 0 Å². The Morgan fingerprint density at radius 1 is 0.654 bits per heavy atom. The topological polar surface area (TPSA) is 55.4 Å². The average molecular weight is 403 g/mol. The van der Waals surface area contributed by atoms with E-state index in [0.717, 1.165) is 31.6 Å². The summed E-state index contributed by atoms with van der Waals surface area (Å²) in [6, 6.07) is 8.27. The Morgan fingerprint density at radius 2 is 0.923 bits per heavy atom. The van der Waals surface area contributed by atoms with Crippen molar-refractivity contribution in [1.29, 1.82) is 0 Å². The maximum absolute atomic E-state index is 5.67. The number of rotatable bonds is 12. The van der Waals surface area contributed by atoms with Crippen LogP contribution in [-0.2, 0) is 28.4 Å². The number of hydrogen-bond acceptors (Lipinski definition) is 6. The first-order chi connectivity index (χ1) is 12.3. The highest BCUT2D eigenvalue weighted by atomic mass is 28.2. The molecule has 1 aromatic carbocycles. The van der Waals surface area contributed by atoms with E-state index >= 15 is 0 Å². The SMILES string of the molecule is COC(CC([SiH3])(OC)OC)c1ccc(C(CC([SiH3])(OC)OC)OC)cc1. The van der Waals surface area contributed by atoms with Gasteiger partial charge in [-0.3, -0.25) is 0 Å². The molecule has 0 saturated carbocycles. The van der Waals surface area contributed by atoms with E-state index in [4.69, 9.17) is 28.4 Å². The van der Waals surface area contributed by atoms with Gasteiger partial charge in [-0.25, -0.2) is 0 Å². The van der Waals surface area contributed by atoms with Gasteiger partial charge in [0.2, 0.25) is 0 Å². The zero-order valence-corrected chi connectivity index (χ0v) is 21.3. The largest absolute Gasteiger partial charge is 0.377 e. The monoisotopic (exact) mass is 402 g/mol. The van der Waals surface area contributed by atoms with Crippen molar-refractivity contribution in [1.82, 2.24) is 0 Å². The molecule has 0 amide bonds. The molecule has 2 atom stereocenters. The second-order valence-corrected chi connectivity index (χ2v) is 9.65. The lowest BCUT2D eigenvalue weighted by molar-refractivity contribution is -0.164. The van der Waals surface area contributed by atoms with E-state index < -0.39 is 10.8 Å². The molecule has 0 aliphatic heterocycles. The molecule has 0 spiro atoms. The van der Waals surface area contributed by atoms with Crippen LogP contribution in [0.5, 0.6) is 0 Å². The van der Waals surface area contributed by atoms with Crippen LogP contribution in [0.1, 0.15) is 36.2 Å². The molecule has 0 aliphatic carbocycles. The zero-order chi connectivity index (χ0) is 19.8. The molecule has 0 heterocycles. The highest BCUT2D eigenvalue weighted by Gasteiger charge is 2.30. The standard InChI is InChI=1S/C18H34O6Si2/c1-19-15(11-17(25,21-3)22-4)13-7-9-14(10-8-13)16(20-2)12-18(26,23-5)24-6/h7-10,15-16H,11-12H2,1-6,25-26H3. The molecular weight excluding hydrogens is 368 g/mol. The van der Waals surface area contributed by atoms with Gasteiger partial charge in [0.25, 0.3) is 0 Å². The lowest BCUT2D eigenvalue weighted by Gasteiger charge is -2.31. The van der Waals surface area contributed by atoms with E-state index in [1.807, 2.05) is 0 Å². The Labute approximate surface area is 163 Å². The number of ether oxygens (including phenoxy) is 6. The lowest BCUT2D eigenvalue weighted by atomic mass is 10.00. The summed E-state index contributed by atoms with van der Waals surface area (Å²) < 4.78 is 33.4. The molecule has 1 rings (SSSR count). The molecule has 0 saturated heterocycles. The first-order valence-corrected chi connectivity index (χ1v) is 10.7. The van der Waals surface area contributed by atoms with Crippen molar-refractivity contribution >= 4 is 20.5 Å². The molecule has 26 heavy (non-hydrogen) atoms. The summed E-state index contributed by atoms with van der Waals surface area (Å²) in [5.41, 5.74) is 1.04. The minimum atomic E-state index is -0.558. The third-order valence-corrected chi connectivity index (χ3v) is 7.54. The minimum absolute atomic E-state index is 0.0990. The molecular formula is C18H34O6Si2. The first-order valence-electron chi connectivity index (χ1n) is 8.66. The number of methoxy groups -OCH3 is 6. The van der Waals surface area contributed by atoms with Crippen molar-refractivity contribution < 1.29 is 28.4 Å². The summed E-state index contributed by atoms with van der Waals surface area (Å²) in [7, 11) is 11.6. The highest BCUT2D eigenvalue weighted by Crippen LogP contribution is 2.31. The number of hydrogen-bond donors (Lipinski definition) is 0. The molecule has 150 valence electrons. The second kappa shape index (κ2) is 10.7. The van der Waals surface area contributed by atoms with E-state index in [1.165, 1.54) is 0 Å². The Bertz CT molecular complexity index is 470. The van der Waals surface area contributed by atoms with Crippen molar-refractivity contribution in [3.8, 4) is 0 Å². The summed E-state index contributed by atoms with van der Waals surface area (Å²) in [6.45, 7) is 0. The first kappa shape index (κ1) is 23.5. The Morgan fingerprint density at radius 3 is 1.12 bits per heavy atom. The van der Waals surface area contributed by atoms with Crippen molar-refractivity contribution in [3.05, 3.63) is 35.4 Å². The molecule has 6 nitrogen and oxygen atoms in total. The maximum atomic E-state index is 5.67. The van der Waals surface area contributed by atoms with Crippen LogP contribution in [0.25, 0.3) is 0 Å². The van der Waals surface area contributed by atoms with Gasteiger partial charge >= 0.3 is 0 Å². The third-order valence-electron chi connectivity index (χ3n) is 5.09. The van der Waals surface area contributed by atoms with Crippen LogP contribution in [0, 0.1) is 0 Å². The molecule has 2 unspecified atom stereocenters. The summed E-state index contributed by atoms with van der Waals surface area (Å²) >= 11 is 0. The van der Waals surface area contributed by atoms with E-state index in [0.29, 0.717) is 12.8 Å². The fourth-order valence-electron chi connectivity index (χ4n) is 2.77. The van der Waals surface area contributed by atoms with Crippen molar-refractivity contribution in [2.45, 2.75) is 35.9 Å². The zero-order valence-electron chi connectivity index (χ0n) is 17.3. The van der Waals surface area contributed by atoms with Gasteiger partial charge in [0, 0.05) is 55.5 Å². The quantitative estimate of drug-likeness (QED) is 0.374. The molecule has 0 radical (unpaired) electrons. The van der Waals surface area contributed by atoms with Crippen molar-refractivity contribution in [2.75, 3.05) is 42.7 Å². The lowest BCUT2D eigenvalue weighted by Crippen LogP contribution is -2.36. The molecule has 0 N–H and O–H groups in total. The second-order valence-electron chi connectivity index (χ2n) is 6.61. The molecule has 0 bridgehead atoms. The maximum Gasteiger partial charge on any atom is 0.143 e. The molecule has 0 fully saturated rings. The van der Waals surface area contributed by atoms with Gasteiger partial charge in [-0.05, 0) is 11.1 Å². The van der Waals surface area contributed by atoms with Crippen LogP contribution >= 0.6 is 0 Å². The van der Waals surface area contributed by atoms with Crippen LogP contribution in [0.15, 0.2) is 24.3 Å². The summed E-state index contributed by atoms with van der Waals surface area (Å²) in [5, 5.41) is 0. The summed E-state index contributed by atoms with van der Waals surface area (Å²) in [6.07, 6.45) is 1.09. The van der Waals surface area contributed by atoms with Crippen LogP contribution in [0.3, 0.4) is 0 Å². The molecule has 0 aromatic heterocycles. The van der Waals surface area contributed by atoms with Gasteiger partial charge in [-0.1, -0.05) is 24.3 Å². The Balaban J connectivity index is 2.94. The molecule has 1 aromatic rings. The van der Waals surface area contributed by atoms with E-state index in [9.17, 15) is 0 Å². The Kier molecular flexibility index (Phi) is 9.63. The van der Waals surface area contributed by atoms with Crippen LogP contribution in [0.4, 0.5) is 0 Å². The fraction of sp³-hybridized carbons (Fsp3) is 0.667. The molecule has 8 heteroatoms. The van der Waals surface area contributed by atoms with Crippen LogP contribution in [0.2, 0.25) is 0 Å². The highest BCUT2D eigenvalue weighted by molar-refractivity contribution is 6.13.